The van der Waals surface area contributed by atoms with Crippen molar-refractivity contribution in [1.82, 2.24) is 30.8 Å². The molecule has 0 aliphatic carbocycles. The second-order valence-corrected chi connectivity index (χ2v) is 7.84. The third-order valence-corrected chi connectivity index (χ3v) is 5.40. The molecule has 0 spiro atoms. The summed E-state index contributed by atoms with van der Waals surface area (Å²) in [4.78, 5) is 22.6. The molecule has 3 heterocycles. The molecule has 4 rings (SSSR count). The van der Waals surface area contributed by atoms with Crippen LogP contribution in [0.15, 0.2) is 34.9 Å². The van der Waals surface area contributed by atoms with Crippen LogP contribution in [-0.4, -0.2) is 52.8 Å². The zero-order chi connectivity index (χ0) is 21.8. The lowest BCUT2D eigenvalue weighted by molar-refractivity contribution is -0.119. The molecule has 2 N–H and O–H groups in total. The highest BCUT2D eigenvalue weighted by Crippen LogP contribution is 2.28. The van der Waals surface area contributed by atoms with E-state index in [1.54, 1.807) is 13.1 Å². The summed E-state index contributed by atoms with van der Waals surface area (Å²) in [6.45, 7) is 6.60. The van der Waals surface area contributed by atoms with Gasteiger partial charge >= 0.3 is 0 Å². The quantitative estimate of drug-likeness (QED) is 0.598. The third kappa shape index (κ3) is 4.88. The molecule has 0 saturated carbocycles. The molecule has 1 aliphatic heterocycles. The van der Waals surface area contributed by atoms with E-state index in [1.807, 2.05) is 38.2 Å². The summed E-state index contributed by atoms with van der Waals surface area (Å²) in [7, 11) is 1.92. The average molecular weight is 422 g/mol. The SMILES string of the molecule is CNCc1ccc(-c2nnc(-c3nc(N4CC[C@H](CNC(C)=O)C4)cnc3C)o2)cc1. The van der Waals surface area contributed by atoms with Crippen LogP contribution in [-0.2, 0) is 11.3 Å². The van der Waals surface area contributed by atoms with E-state index < -0.39 is 0 Å². The van der Waals surface area contributed by atoms with E-state index in [0.29, 0.717) is 29.9 Å². The van der Waals surface area contributed by atoms with E-state index in [9.17, 15) is 4.79 Å². The lowest BCUT2D eigenvalue weighted by Crippen LogP contribution is -2.29. The topological polar surface area (TPSA) is 109 Å². The fourth-order valence-corrected chi connectivity index (χ4v) is 3.70. The van der Waals surface area contributed by atoms with E-state index in [2.05, 4.69) is 30.7 Å². The smallest absolute Gasteiger partial charge is 0.268 e. The van der Waals surface area contributed by atoms with Crippen molar-refractivity contribution < 1.29 is 9.21 Å². The largest absolute Gasteiger partial charge is 0.415 e. The molecule has 0 bridgehead atoms. The second-order valence-electron chi connectivity index (χ2n) is 7.84. The van der Waals surface area contributed by atoms with Crippen LogP contribution in [0, 0.1) is 12.8 Å². The van der Waals surface area contributed by atoms with Gasteiger partial charge in [0.2, 0.25) is 11.8 Å². The number of aryl methyl sites for hydroxylation is 1. The molecule has 31 heavy (non-hydrogen) atoms. The molecular weight excluding hydrogens is 394 g/mol. The number of carbonyl (C=O) groups is 1. The van der Waals surface area contributed by atoms with E-state index in [0.717, 1.165) is 43.1 Å². The third-order valence-electron chi connectivity index (χ3n) is 5.40. The first-order chi connectivity index (χ1) is 15.0. The summed E-state index contributed by atoms with van der Waals surface area (Å²) in [5.41, 5.74) is 3.37. The van der Waals surface area contributed by atoms with E-state index >= 15 is 0 Å². The summed E-state index contributed by atoms with van der Waals surface area (Å²) in [6, 6.07) is 8.01. The van der Waals surface area contributed by atoms with Gasteiger partial charge in [-0.15, -0.1) is 10.2 Å². The summed E-state index contributed by atoms with van der Waals surface area (Å²) in [5, 5.41) is 14.4. The maximum absolute atomic E-state index is 11.2. The molecule has 2 aromatic heterocycles. The molecular formula is C22H27N7O2. The van der Waals surface area contributed by atoms with E-state index in [-0.39, 0.29) is 5.91 Å². The van der Waals surface area contributed by atoms with Crippen molar-refractivity contribution in [2.45, 2.75) is 26.8 Å². The summed E-state index contributed by atoms with van der Waals surface area (Å²) < 4.78 is 5.93. The summed E-state index contributed by atoms with van der Waals surface area (Å²) in [6.07, 6.45) is 2.77. The van der Waals surface area contributed by atoms with Crippen LogP contribution >= 0.6 is 0 Å². The number of hydrogen-bond acceptors (Lipinski definition) is 8. The predicted molar refractivity (Wildman–Crippen MR) is 117 cm³/mol. The van der Waals surface area contributed by atoms with Gasteiger partial charge in [0.05, 0.1) is 11.9 Å². The van der Waals surface area contributed by atoms with Crippen molar-refractivity contribution in [3.63, 3.8) is 0 Å². The van der Waals surface area contributed by atoms with Gasteiger partial charge in [0.15, 0.2) is 5.69 Å². The number of nitrogens with zero attached hydrogens (tertiary/aromatic N) is 5. The van der Waals surface area contributed by atoms with Gasteiger partial charge in [-0.3, -0.25) is 9.78 Å². The number of carbonyl (C=O) groups excluding carboxylic acids is 1. The first-order valence-corrected chi connectivity index (χ1v) is 10.4. The minimum absolute atomic E-state index is 0.000248. The van der Waals surface area contributed by atoms with Crippen molar-refractivity contribution in [3.05, 3.63) is 41.7 Å². The van der Waals surface area contributed by atoms with Crippen LogP contribution in [0.2, 0.25) is 0 Å². The molecule has 0 unspecified atom stereocenters. The lowest BCUT2D eigenvalue weighted by Gasteiger charge is -2.18. The Kier molecular flexibility index (Phi) is 6.22. The van der Waals surface area contributed by atoms with Crippen LogP contribution in [0.1, 0.15) is 24.6 Å². The van der Waals surface area contributed by atoms with Gasteiger partial charge in [-0.25, -0.2) is 4.98 Å². The number of rotatable bonds is 7. The molecule has 0 radical (unpaired) electrons. The first-order valence-electron chi connectivity index (χ1n) is 10.4. The van der Waals surface area contributed by atoms with Crippen molar-refractivity contribution in [2.75, 3.05) is 31.6 Å². The Bertz CT molecular complexity index is 1050. The molecule has 9 nitrogen and oxygen atoms in total. The van der Waals surface area contributed by atoms with Crippen LogP contribution in [0.25, 0.3) is 23.0 Å². The zero-order valence-corrected chi connectivity index (χ0v) is 18.1. The van der Waals surface area contributed by atoms with Gasteiger partial charge in [0.25, 0.3) is 5.89 Å². The summed E-state index contributed by atoms with van der Waals surface area (Å²) >= 11 is 0. The van der Waals surface area contributed by atoms with Crippen LogP contribution in [0.4, 0.5) is 5.82 Å². The normalized spacial score (nSPS) is 16.0. The van der Waals surface area contributed by atoms with E-state index in [1.165, 1.54) is 5.56 Å². The van der Waals surface area contributed by atoms with Gasteiger partial charge in [-0.2, -0.15) is 0 Å². The highest BCUT2D eigenvalue weighted by atomic mass is 16.4. The van der Waals surface area contributed by atoms with Gasteiger partial charge in [-0.05, 0) is 44.0 Å². The Morgan fingerprint density at radius 3 is 2.74 bits per heavy atom. The molecule has 1 saturated heterocycles. The molecule has 3 aromatic rings. The van der Waals surface area contributed by atoms with Gasteiger partial charge < -0.3 is 20.0 Å². The van der Waals surface area contributed by atoms with Crippen molar-refractivity contribution in [1.29, 1.82) is 0 Å². The van der Waals surface area contributed by atoms with Crippen molar-refractivity contribution in [3.8, 4) is 23.0 Å². The number of nitrogens with one attached hydrogen (secondary N) is 2. The molecule has 1 aliphatic rings. The Morgan fingerprint density at radius 2 is 2.00 bits per heavy atom. The Hall–Kier alpha value is -3.33. The second kappa shape index (κ2) is 9.22. The number of anilines is 1. The van der Waals surface area contributed by atoms with Crippen LogP contribution in [0.3, 0.4) is 0 Å². The maximum atomic E-state index is 11.2. The Labute approximate surface area is 181 Å². The number of amides is 1. The van der Waals surface area contributed by atoms with E-state index in [4.69, 9.17) is 9.40 Å². The van der Waals surface area contributed by atoms with Crippen LogP contribution < -0.4 is 15.5 Å². The van der Waals surface area contributed by atoms with Crippen molar-refractivity contribution >= 4 is 11.7 Å². The molecule has 1 fully saturated rings. The Morgan fingerprint density at radius 1 is 1.23 bits per heavy atom. The highest BCUT2D eigenvalue weighted by Gasteiger charge is 2.25. The van der Waals surface area contributed by atoms with Gasteiger partial charge in [-0.1, -0.05) is 12.1 Å². The fraction of sp³-hybridized carbons (Fsp3) is 0.409. The Balaban J connectivity index is 1.51. The number of hydrogen-bond donors (Lipinski definition) is 2. The average Bonchev–Trinajstić information content (AvgIpc) is 3.44. The minimum atomic E-state index is -0.000248. The molecule has 1 aromatic carbocycles. The van der Waals surface area contributed by atoms with Crippen molar-refractivity contribution in [2.24, 2.45) is 5.92 Å². The number of benzene rings is 1. The van der Waals surface area contributed by atoms with Crippen LogP contribution in [0.5, 0.6) is 0 Å². The highest BCUT2D eigenvalue weighted by molar-refractivity contribution is 5.72. The lowest BCUT2D eigenvalue weighted by atomic mass is 10.1. The fourth-order valence-electron chi connectivity index (χ4n) is 3.70. The summed E-state index contributed by atoms with van der Waals surface area (Å²) in [5.74, 6) is 1.99. The maximum Gasteiger partial charge on any atom is 0.268 e. The molecule has 9 heteroatoms. The van der Waals surface area contributed by atoms with Gasteiger partial charge in [0, 0.05) is 38.7 Å². The van der Waals surface area contributed by atoms with Gasteiger partial charge in [0.1, 0.15) is 5.82 Å². The monoisotopic (exact) mass is 421 g/mol. The minimum Gasteiger partial charge on any atom is -0.415 e. The standard InChI is InChI=1S/C22H27N7O2/c1-14-20(22-28-27-21(31-22)18-6-4-16(5-7-18)10-23-3)26-19(12-24-14)29-9-8-17(13-29)11-25-15(2)30/h4-7,12,17,23H,8-11,13H2,1-3H3,(H,25,30)/t17-/m1/s1. The number of aromatic nitrogens is 4. The first kappa shape index (κ1) is 20.9. The molecule has 1 atom stereocenters. The molecule has 162 valence electrons. The molecule has 1 amide bonds. The zero-order valence-electron chi connectivity index (χ0n) is 18.1. The predicted octanol–water partition coefficient (Wildman–Crippen LogP) is 2.18.